The van der Waals surface area contributed by atoms with E-state index in [0.717, 1.165) is 4.43 Å². The van der Waals surface area contributed by atoms with Gasteiger partial charge in [0.2, 0.25) is 0 Å². The highest BCUT2D eigenvalue weighted by Gasteiger charge is 2.47. The molecule has 0 aliphatic carbocycles. The van der Waals surface area contributed by atoms with Crippen molar-refractivity contribution in [2.75, 3.05) is 11.0 Å². The molecule has 1 heterocycles. The van der Waals surface area contributed by atoms with E-state index < -0.39 is 6.09 Å². The van der Waals surface area contributed by atoms with Gasteiger partial charge in [-0.3, -0.25) is 0 Å². The maximum absolute atomic E-state index is 10.8. The second-order valence-corrected chi connectivity index (χ2v) is 5.54. The third-order valence-corrected chi connectivity index (χ3v) is 3.68. The van der Waals surface area contributed by atoms with Crippen molar-refractivity contribution >= 4 is 28.7 Å². The van der Waals surface area contributed by atoms with Crippen molar-refractivity contribution in [1.82, 2.24) is 4.90 Å². The summed E-state index contributed by atoms with van der Waals surface area (Å²) in [5.74, 6) is 0.539. The van der Waals surface area contributed by atoms with Gasteiger partial charge in [-0.25, -0.2) is 4.79 Å². The van der Waals surface area contributed by atoms with Crippen molar-refractivity contribution < 1.29 is 9.90 Å². The highest BCUT2D eigenvalue weighted by atomic mass is 127. The molecule has 1 rings (SSSR count). The van der Waals surface area contributed by atoms with Crippen LogP contribution in [0.25, 0.3) is 0 Å². The lowest BCUT2D eigenvalue weighted by Crippen LogP contribution is -2.63. The minimum Gasteiger partial charge on any atom is -0.465 e. The van der Waals surface area contributed by atoms with Gasteiger partial charge in [0.25, 0.3) is 0 Å². The average molecular weight is 297 g/mol. The highest BCUT2D eigenvalue weighted by Crippen LogP contribution is 2.38. The molecule has 0 aromatic heterocycles. The topological polar surface area (TPSA) is 40.5 Å². The number of hydrogen-bond acceptors (Lipinski definition) is 1. The number of alkyl halides is 1. The van der Waals surface area contributed by atoms with Crippen molar-refractivity contribution in [2.45, 2.75) is 26.8 Å². The molecule has 13 heavy (non-hydrogen) atoms. The fourth-order valence-corrected chi connectivity index (χ4v) is 2.85. The molecule has 76 valence electrons. The van der Waals surface area contributed by atoms with E-state index in [0.29, 0.717) is 12.5 Å². The summed E-state index contributed by atoms with van der Waals surface area (Å²) in [6.07, 6.45) is -0.777. The molecule has 2 atom stereocenters. The Balaban J connectivity index is 2.70. The van der Waals surface area contributed by atoms with Crippen LogP contribution in [0.15, 0.2) is 0 Å². The molecule has 4 heteroatoms. The number of rotatable bonds is 1. The van der Waals surface area contributed by atoms with Gasteiger partial charge in [-0.2, -0.15) is 0 Å². The van der Waals surface area contributed by atoms with Gasteiger partial charge in [-0.1, -0.05) is 43.4 Å². The summed E-state index contributed by atoms with van der Waals surface area (Å²) in [5.41, 5.74) is 0.0620. The molecule has 3 nitrogen and oxygen atoms in total. The molecular formula is C9H16INO2. The Bertz CT molecular complexity index is 212. The molecule has 1 saturated heterocycles. The summed E-state index contributed by atoms with van der Waals surface area (Å²) in [5, 5.41) is 8.90. The van der Waals surface area contributed by atoms with Crippen LogP contribution in [0, 0.1) is 11.3 Å². The van der Waals surface area contributed by atoms with Crippen LogP contribution in [0.2, 0.25) is 0 Å². The lowest BCUT2D eigenvalue weighted by molar-refractivity contribution is -0.0233. The number of hydrogen-bond donors (Lipinski definition) is 1. The van der Waals surface area contributed by atoms with E-state index in [2.05, 4.69) is 43.4 Å². The highest BCUT2D eigenvalue weighted by molar-refractivity contribution is 14.1. The van der Waals surface area contributed by atoms with E-state index >= 15 is 0 Å². The zero-order valence-electron chi connectivity index (χ0n) is 8.25. The minimum absolute atomic E-state index is 0.0620. The van der Waals surface area contributed by atoms with E-state index in [9.17, 15) is 4.79 Å². The first-order chi connectivity index (χ1) is 5.88. The molecule has 0 aromatic rings. The third-order valence-electron chi connectivity index (χ3n) is 2.54. The molecule has 0 saturated carbocycles. The Morgan fingerprint density at radius 1 is 1.62 bits per heavy atom. The van der Waals surface area contributed by atoms with Gasteiger partial charge in [0.15, 0.2) is 0 Å². The largest absolute Gasteiger partial charge is 0.465 e. The monoisotopic (exact) mass is 297 g/mol. The molecule has 1 aliphatic heterocycles. The molecule has 0 radical (unpaired) electrons. The summed E-state index contributed by atoms with van der Waals surface area (Å²) in [6.45, 7) is 7.02. The smallest absolute Gasteiger partial charge is 0.407 e. The fraction of sp³-hybridized carbons (Fsp3) is 0.889. The van der Waals surface area contributed by atoms with Gasteiger partial charge >= 0.3 is 6.09 Å². The van der Waals surface area contributed by atoms with Crippen molar-refractivity contribution in [2.24, 2.45) is 11.3 Å². The SMILES string of the molecule is CC(C)(C)C1C(CI)CN1C(=O)O. The molecule has 0 aromatic carbocycles. The second-order valence-electron chi connectivity index (χ2n) is 4.66. The summed E-state index contributed by atoms with van der Waals surface area (Å²) in [4.78, 5) is 12.4. The zero-order chi connectivity index (χ0) is 10.2. The van der Waals surface area contributed by atoms with Gasteiger partial charge in [0.05, 0.1) is 0 Å². The zero-order valence-corrected chi connectivity index (χ0v) is 10.4. The maximum Gasteiger partial charge on any atom is 0.407 e. The van der Waals surface area contributed by atoms with Gasteiger partial charge < -0.3 is 10.0 Å². The first-order valence-electron chi connectivity index (χ1n) is 4.43. The Morgan fingerprint density at radius 3 is 2.46 bits per heavy atom. The average Bonchev–Trinajstić information content (AvgIpc) is 1.80. The Hall–Kier alpha value is 0. The van der Waals surface area contributed by atoms with Crippen LogP contribution in [-0.4, -0.2) is 33.1 Å². The number of likely N-dealkylation sites (tertiary alicyclic amines) is 1. The predicted molar refractivity (Wildman–Crippen MR) is 60.4 cm³/mol. The predicted octanol–water partition coefficient (Wildman–Crippen LogP) is 2.45. The number of amides is 1. The van der Waals surface area contributed by atoms with Gasteiger partial charge in [0, 0.05) is 22.9 Å². The van der Waals surface area contributed by atoms with Gasteiger partial charge in [-0.05, 0) is 5.41 Å². The molecule has 1 aliphatic rings. The van der Waals surface area contributed by atoms with E-state index in [1.165, 1.54) is 0 Å². The lowest BCUT2D eigenvalue weighted by Gasteiger charge is -2.52. The first-order valence-corrected chi connectivity index (χ1v) is 5.96. The van der Waals surface area contributed by atoms with E-state index in [4.69, 9.17) is 5.11 Å². The summed E-state index contributed by atoms with van der Waals surface area (Å²) < 4.78 is 1.05. The van der Waals surface area contributed by atoms with E-state index in [1.807, 2.05) is 0 Å². The number of nitrogens with zero attached hydrogens (tertiary/aromatic N) is 1. The summed E-state index contributed by atoms with van der Waals surface area (Å²) in [6, 6.07) is 0.196. The Kier molecular flexibility index (Phi) is 3.09. The van der Waals surface area contributed by atoms with Crippen LogP contribution >= 0.6 is 22.6 Å². The molecule has 2 unspecified atom stereocenters. The van der Waals surface area contributed by atoms with Gasteiger partial charge in [-0.15, -0.1) is 0 Å². The second kappa shape index (κ2) is 3.63. The lowest BCUT2D eigenvalue weighted by atomic mass is 9.73. The number of carboxylic acid groups (broad SMARTS) is 1. The standard InChI is InChI=1S/C9H16INO2/c1-9(2,3)7-6(4-10)5-11(7)8(12)13/h6-7H,4-5H2,1-3H3,(H,12,13). The molecule has 0 spiro atoms. The minimum atomic E-state index is -0.777. The van der Waals surface area contributed by atoms with Crippen molar-refractivity contribution in [3.05, 3.63) is 0 Å². The van der Waals surface area contributed by atoms with Crippen LogP contribution in [-0.2, 0) is 0 Å². The third kappa shape index (κ3) is 2.08. The maximum atomic E-state index is 10.8. The van der Waals surface area contributed by atoms with Crippen LogP contribution in [0.5, 0.6) is 0 Å². The van der Waals surface area contributed by atoms with E-state index in [-0.39, 0.29) is 11.5 Å². The number of halogens is 1. The Morgan fingerprint density at radius 2 is 2.15 bits per heavy atom. The van der Waals surface area contributed by atoms with Crippen LogP contribution < -0.4 is 0 Å². The normalized spacial score (nSPS) is 28.5. The fourth-order valence-electron chi connectivity index (χ4n) is 2.09. The van der Waals surface area contributed by atoms with Crippen molar-refractivity contribution in [3.8, 4) is 0 Å². The van der Waals surface area contributed by atoms with Crippen LogP contribution in [0.3, 0.4) is 0 Å². The number of carbonyl (C=O) groups is 1. The molecule has 1 N–H and O–H groups in total. The van der Waals surface area contributed by atoms with Crippen molar-refractivity contribution in [3.63, 3.8) is 0 Å². The van der Waals surface area contributed by atoms with Crippen molar-refractivity contribution in [1.29, 1.82) is 0 Å². The van der Waals surface area contributed by atoms with Crippen LogP contribution in [0.1, 0.15) is 20.8 Å². The molecule has 1 fully saturated rings. The molecule has 0 bridgehead atoms. The van der Waals surface area contributed by atoms with E-state index in [1.54, 1.807) is 4.90 Å². The summed E-state index contributed by atoms with van der Waals surface area (Å²) in [7, 11) is 0. The first kappa shape index (κ1) is 11.1. The summed E-state index contributed by atoms with van der Waals surface area (Å²) >= 11 is 2.33. The Labute approximate surface area is 92.6 Å². The molecule has 1 amide bonds. The molecular weight excluding hydrogens is 281 g/mol. The van der Waals surface area contributed by atoms with Crippen LogP contribution in [0.4, 0.5) is 4.79 Å². The van der Waals surface area contributed by atoms with Gasteiger partial charge in [0.1, 0.15) is 0 Å². The quantitative estimate of drug-likeness (QED) is 0.596.